The summed E-state index contributed by atoms with van der Waals surface area (Å²) >= 11 is 6.25. The highest BCUT2D eigenvalue weighted by molar-refractivity contribution is 6.31. The zero-order valence-electron chi connectivity index (χ0n) is 18.9. The van der Waals surface area contributed by atoms with Crippen LogP contribution in [0.15, 0.2) is 48.5 Å². The van der Waals surface area contributed by atoms with Crippen molar-refractivity contribution in [2.24, 2.45) is 5.92 Å². The number of amides is 1. The topological polar surface area (TPSA) is 54.3 Å². The van der Waals surface area contributed by atoms with Crippen molar-refractivity contribution < 1.29 is 9.90 Å². The molecule has 5 rings (SSSR count). The van der Waals surface area contributed by atoms with Gasteiger partial charge in [-0.05, 0) is 79.1 Å². The largest absolute Gasteiger partial charge is 0.393 e. The van der Waals surface area contributed by atoms with Crippen molar-refractivity contribution in [2.75, 3.05) is 5.32 Å². The molecule has 4 nitrogen and oxygen atoms in total. The molecule has 1 aromatic heterocycles. The van der Waals surface area contributed by atoms with Crippen molar-refractivity contribution in [3.8, 4) is 0 Å². The Kier molecular flexibility index (Phi) is 6.57. The molecule has 0 aliphatic heterocycles. The van der Waals surface area contributed by atoms with Gasteiger partial charge in [0.15, 0.2) is 0 Å². The Morgan fingerprint density at radius 2 is 1.97 bits per heavy atom. The number of rotatable bonds is 5. The van der Waals surface area contributed by atoms with Crippen LogP contribution in [0.5, 0.6) is 0 Å². The van der Waals surface area contributed by atoms with Gasteiger partial charge >= 0.3 is 0 Å². The molecule has 0 unspecified atom stereocenters. The second kappa shape index (κ2) is 9.74. The lowest BCUT2D eigenvalue weighted by molar-refractivity contribution is -0.111. The molecule has 0 radical (unpaired) electrons. The van der Waals surface area contributed by atoms with Gasteiger partial charge in [0.2, 0.25) is 5.91 Å². The van der Waals surface area contributed by atoms with Crippen LogP contribution < -0.4 is 5.32 Å². The number of aryl methyl sites for hydroxylation is 1. The summed E-state index contributed by atoms with van der Waals surface area (Å²) in [4.78, 5) is 12.8. The van der Waals surface area contributed by atoms with Gasteiger partial charge in [0.1, 0.15) is 0 Å². The fourth-order valence-electron chi connectivity index (χ4n) is 5.46. The predicted molar refractivity (Wildman–Crippen MR) is 136 cm³/mol. The molecule has 172 valence electrons. The van der Waals surface area contributed by atoms with Crippen molar-refractivity contribution in [1.82, 2.24) is 4.57 Å². The van der Waals surface area contributed by atoms with E-state index in [1.165, 1.54) is 37.7 Å². The number of fused-ring (bicyclic) bond motifs is 2. The van der Waals surface area contributed by atoms with Crippen LogP contribution in [0.2, 0.25) is 5.02 Å². The maximum absolute atomic E-state index is 12.8. The van der Waals surface area contributed by atoms with E-state index < -0.39 is 0 Å². The number of carbonyl (C=O) groups is 1. The van der Waals surface area contributed by atoms with E-state index in [-0.39, 0.29) is 12.0 Å². The maximum Gasteiger partial charge on any atom is 0.248 e. The van der Waals surface area contributed by atoms with Crippen molar-refractivity contribution in [3.05, 3.63) is 70.4 Å². The SMILES string of the molecule is O=C(/C=C/c1cc2cc(Cl)ccc2n1CC1CCCCC1)Nc1cccc2c1C[C@@H](O)CC2. The van der Waals surface area contributed by atoms with Gasteiger partial charge in [-0.3, -0.25) is 4.79 Å². The monoisotopic (exact) mass is 462 g/mol. The number of aliphatic hydroxyl groups is 1. The number of anilines is 1. The highest BCUT2D eigenvalue weighted by Crippen LogP contribution is 2.31. The summed E-state index contributed by atoms with van der Waals surface area (Å²) in [6, 6.07) is 14.1. The summed E-state index contributed by atoms with van der Waals surface area (Å²) in [5.74, 6) is 0.518. The fraction of sp³-hybridized carbons (Fsp3) is 0.393. The summed E-state index contributed by atoms with van der Waals surface area (Å²) in [6.07, 6.45) is 11.9. The third-order valence-electron chi connectivity index (χ3n) is 7.18. The van der Waals surface area contributed by atoms with Crippen molar-refractivity contribution in [1.29, 1.82) is 0 Å². The smallest absolute Gasteiger partial charge is 0.248 e. The first-order valence-electron chi connectivity index (χ1n) is 12.1. The van der Waals surface area contributed by atoms with E-state index in [0.29, 0.717) is 12.3 Å². The lowest BCUT2D eigenvalue weighted by atomic mass is 9.88. The average Bonchev–Trinajstić information content (AvgIpc) is 3.15. The Bertz CT molecular complexity index is 1190. The molecule has 2 aliphatic rings. The Balaban J connectivity index is 1.39. The predicted octanol–water partition coefficient (Wildman–Crippen LogP) is 6.38. The van der Waals surface area contributed by atoms with Crippen molar-refractivity contribution in [3.63, 3.8) is 0 Å². The highest BCUT2D eigenvalue weighted by Gasteiger charge is 2.20. The van der Waals surface area contributed by atoms with Crippen molar-refractivity contribution in [2.45, 2.75) is 64.0 Å². The standard InChI is InChI=1S/C28H31ClN2O2/c29-22-10-13-27-21(15-22)16-23(31(27)18-19-5-2-1-3-6-19)11-14-28(33)30-26-8-4-7-20-9-12-24(32)17-25(20)26/h4,7-8,10-11,13-16,19,24,32H,1-3,5-6,9,12,17-18H2,(H,30,33)/b14-11+/t24-/m0/s1. The van der Waals surface area contributed by atoms with E-state index in [9.17, 15) is 9.90 Å². The molecular weight excluding hydrogens is 432 g/mol. The van der Waals surface area contributed by atoms with Crippen LogP contribution in [0.25, 0.3) is 17.0 Å². The molecule has 3 aromatic rings. The minimum Gasteiger partial charge on any atom is -0.393 e. The Hall–Kier alpha value is -2.56. The quantitative estimate of drug-likeness (QED) is 0.432. The first kappa shape index (κ1) is 22.2. The van der Waals surface area contributed by atoms with Gasteiger partial charge in [0, 0.05) is 46.3 Å². The summed E-state index contributed by atoms with van der Waals surface area (Å²) < 4.78 is 2.34. The average molecular weight is 463 g/mol. The molecule has 5 heteroatoms. The maximum atomic E-state index is 12.8. The Labute approximate surface area is 200 Å². The molecule has 1 saturated carbocycles. The molecule has 1 heterocycles. The van der Waals surface area contributed by atoms with Gasteiger partial charge in [0.05, 0.1) is 6.10 Å². The van der Waals surface area contributed by atoms with E-state index in [1.54, 1.807) is 6.08 Å². The lowest BCUT2D eigenvalue weighted by Gasteiger charge is -2.23. The number of benzene rings is 2. The van der Waals surface area contributed by atoms with Crippen LogP contribution in [-0.4, -0.2) is 21.7 Å². The summed E-state index contributed by atoms with van der Waals surface area (Å²) in [5.41, 5.74) is 5.26. The van der Waals surface area contributed by atoms with Crippen LogP contribution in [0.3, 0.4) is 0 Å². The normalized spacial score (nSPS) is 19.2. The third kappa shape index (κ3) is 5.02. The molecule has 0 spiro atoms. The molecule has 33 heavy (non-hydrogen) atoms. The second-order valence-corrected chi connectivity index (χ2v) is 9.99. The molecule has 2 aliphatic carbocycles. The number of carbonyl (C=O) groups excluding carboxylic acids is 1. The summed E-state index contributed by atoms with van der Waals surface area (Å²) in [6.45, 7) is 0.969. The summed E-state index contributed by atoms with van der Waals surface area (Å²) in [7, 11) is 0. The zero-order valence-corrected chi connectivity index (χ0v) is 19.7. The molecule has 2 N–H and O–H groups in total. The lowest BCUT2D eigenvalue weighted by Crippen LogP contribution is -2.21. The van der Waals surface area contributed by atoms with Gasteiger partial charge in [-0.15, -0.1) is 0 Å². The molecule has 1 atom stereocenters. The van der Waals surface area contributed by atoms with Gasteiger partial charge in [-0.2, -0.15) is 0 Å². The number of aromatic nitrogens is 1. The van der Waals surface area contributed by atoms with E-state index in [4.69, 9.17) is 11.6 Å². The number of nitrogens with zero attached hydrogens (tertiary/aromatic N) is 1. The van der Waals surface area contributed by atoms with Gasteiger partial charge in [0.25, 0.3) is 0 Å². The second-order valence-electron chi connectivity index (χ2n) is 9.55. The van der Waals surface area contributed by atoms with E-state index in [2.05, 4.69) is 28.1 Å². The molecular formula is C28H31ClN2O2. The van der Waals surface area contributed by atoms with Gasteiger partial charge in [-0.25, -0.2) is 0 Å². The van der Waals surface area contributed by atoms with Crippen LogP contribution in [-0.2, 0) is 24.2 Å². The van der Waals surface area contributed by atoms with Crippen LogP contribution >= 0.6 is 11.6 Å². The van der Waals surface area contributed by atoms with Crippen LogP contribution in [0, 0.1) is 5.92 Å². The molecule has 2 aromatic carbocycles. The summed E-state index contributed by atoms with van der Waals surface area (Å²) in [5, 5.41) is 14.9. The number of hydrogen-bond acceptors (Lipinski definition) is 2. The third-order valence-corrected chi connectivity index (χ3v) is 7.42. The zero-order chi connectivity index (χ0) is 22.8. The first-order chi connectivity index (χ1) is 16.1. The molecule has 0 saturated heterocycles. The van der Waals surface area contributed by atoms with Crippen LogP contribution in [0.4, 0.5) is 5.69 Å². The number of nitrogens with one attached hydrogen (secondary N) is 1. The minimum atomic E-state index is -0.339. The number of aliphatic hydroxyl groups excluding tert-OH is 1. The van der Waals surface area contributed by atoms with E-state index >= 15 is 0 Å². The van der Waals surface area contributed by atoms with E-state index in [1.807, 2.05) is 30.3 Å². The molecule has 1 amide bonds. The molecule has 1 fully saturated rings. The number of halogens is 1. The fourth-order valence-corrected chi connectivity index (χ4v) is 5.64. The first-order valence-corrected chi connectivity index (χ1v) is 12.5. The Morgan fingerprint density at radius 1 is 1.12 bits per heavy atom. The minimum absolute atomic E-state index is 0.157. The van der Waals surface area contributed by atoms with Gasteiger partial charge in [-0.1, -0.05) is 43.0 Å². The van der Waals surface area contributed by atoms with Crippen LogP contribution in [0.1, 0.15) is 55.3 Å². The molecule has 0 bridgehead atoms. The van der Waals surface area contributed by atoms with Crippen molar-refractivity contribution >= 4 is 40.2 Å². The van der Waals surface area contributed by atoms with E-state index in [0.717, 1.165) is 52.3 Å². The highest BCUT2D eigenvalue weighted by atomic mass is 35.5. The van der Waals surface area contributed by atoms with Gasteiger partial charge < -0.3 is 15.0 Å². The number of hydrogen-bond donors (Lipinski definition) is 2. The Morgan fingerprint density at radius 3 is 2.82 bits per heavy atom.